The lowest BCUT2D eigenvalue weighted by Crippen LogP contribution is -2.60. The van der Waals surface area contributed by atoms with E-state index < -0.39 is 5.79 Å². The molecule has 1 saturated heterocycles. The van der Waals surface area contributed by atoms with Crippen LogP contribution in [0.4, 0.5) is 0 Å². The third-order valence-corrected chi connectivity index (χ3v) is 5.49. The predicted molar refractivity (Wildman–Crippen MR) is 72.2 cm³/mol. The summed E-state index contributed by atoms with van der Waals surface area (Å²) in [5.74, 6) is 0.253. The fourth-order valence-corrected chi connectivity index (χ4v) is 5.19. The number of rotatable bonds is 0. The molecule has 1 aliphatic heterocycles. The molecule has 0 bridgehead atoms. The van der Waals surface area contributed by atoms with E-state index in [4.69, 9.17) is 9.47 Å². The molecule has 2 nitrogen and oxygen atoms in total. The van der Waals surface area contributed by atoms with Gasteiger partial charge in [-0.15, -0.1) is 0 Å². The minimum absolute atomic E-state index is 0.133. The van der Waals surface area contributed by atoms with Crippen LogP contribution in [0.15, 0.2) is 0 Å². The Bertz CT molecular complexity index is 244. The van der Waals surface area contributed by atoms with Crippen molar-refractivity contribution < 1.29 is 9.47 Å². The first kappa shape index (κ1) is 13.3. The monoisotopic (exact) mass is 354 g/mol. The highest BCUT2D eigenvalue weighted by Crippen LogP contribution is 2.47. The van der Waals surface area contributed by atoms with E-state index in [1.165, 1.54) is 0 Å². The standard InChI is InChI=1S/C12H20Br2O2/c1-8-4-9(13)12(10(14)5-8)15-6-11(2,3)7-16-12/h8-10H,4-7H2,1-3H3/t9-,10-/m1/s1. The Balaban J connectivity index is 2.12. The third kappa shape index (κ3) is 2.36. The van der Waals surface area contributed by atoms with Gasteiger partial charge in [-0.1, -0.05) is 52.6 Å². The zero-order valence-electron chi connectivity index (χ0n) is 10.1. The summed E-state index contributed by atoms with van der Waals surface area (Å²) >= 11 is 7.49. The molecule has 2 rings (SSSR count). The van der Waals surface area contributed by atoms with Gasteiger partial charge in [-0.05, 0) is 18.8 Å². The van der Waals surface area contributed by atoms with Crippen LogP contribution < -0.4 is 0 Å². The molecule has 4 heteroatoms. The van der Waals surface area contributed by atoms with Crippen LogP contribution >= 0.6 is 31.9 Å². The fourth-order valence-electron chi connectivity index (χ4n) is 2.39. The van der Waals surface area contributed by atoms with E-state index in [0.29, 0.717) is 5.92 Å². The molecule has 0 N–H and O–H groups in total. The molecule has 0 aromatic rings. The zero-order valence-corrected chi connectivity index (χ0v) is 13.3. The molecular weight excluding hydrogens is 336 g/mol. The molecule has 1 aliphatic carbocycles. The Morgan fingerprint density at radius 1 is 1.00 bits per heavy atom. The average molecular weight is 356 g/mol. The molecule has 0 amide bonds. The van der Waals surface area contributed by atoms with Gasteiger partial charge in [0.2, 0.25) is 0 Å². The molecule has 1 heterocycles. The molecule has 16 heavy (non-hydrogen) atoms. The van der Waals surface area contributed by atoms with Gasteiger partial charge in [-0.25, -0.2) is 0 Å². The van der Waals surface area contributed by atoms with Gasteiger partial charge in [0.1, 0.15) is 0 Å². The van der Waals surface area contributed by atoms with Crippen LogP contribution in [0.1, 0.15) is 33.6 Å². The van der Waals surface area contributed by atoms with Crippen molar-refractivity contribution in [3.05, 3.63) is 0 Å². The van der Waals surface area contributed by atoms with Crippen LogP contribution in [-0.2, 0) is 9.47 Å². The number of halogens is 2. The summed E-state index contributed by atoms with van der Waals surface area (Å²) in [6, 6.07) is 0. The van der Waals surface area contributed by atoms with Crippen LogP contribution in [-0.4, -0.2) is 28.7 Å². The second kappa shape index (κ2) is 4.52. The minimum atomic E-state index is -0.456. The van der Waals surface area contributed by atoms with Gasteiger partial charge in [0.25, 0.3) is 0 Å². The van der Waals surface area contributed by atoms with Crippen molar-refractivity contribution in [2.24, 2.45) is 11.3 Å². The van der Waals surface area contributed by atoms with E-state index >= 15 is 0 Å². The molecule has 2 aliphatic rings. The molecule has 94 valence electrons. The number of hydrogen-bond acceptors (Lipinski definition) is 2. The van der Waals surface area contributed by atoms with E-state index in [2.05, 4.69) is 52.6 Å². The second-order valence-corrected chi connectivity index (χ2v) is 8.19. The molecule has 0 aromatic carbocycles. The Morgan fingerprint density at radius 3 is 1.88 bits per heavy atom. The average Bonchev–Trinajstić information content (AvgIpc) is 2.15. The summed E-state index contributed by atoms with van der Waals surface area (Å²) in [5.41, 5.74) is 0.133. The van der Waals surface area contributed by atoms with Crippen molar-refractivity contribution in [2.45, 2.75) is 49.1 Å². The van der Waals surface area contributed by atoms with Gasteiger partial charge < -0.3 is 9.47 Å². The van der Waals surface area contributed by atoms with E-state index in [1.807, 2.05) is 0 Å². The number of ether oxygens (including phenoxy) is 2. The molecule has 1 spiro atoms. The largest absolute Gasteiger partial charge is 0.347 e. The summed E-state index contributed by atoms with van der Waals surface area (Å²) in [4.78, 5) is 0.563. The van der Waals surface area contributed by atoms with Crippen molar-refractivity contribution in [1.29, 1.82) is 0 Å². The Morgan fingerprint density at radius 2 is 1.44 bits per heavy atom. The Hall–Kier alpha value is 0.880. The summed E-state index contributed by atoms with van der Waals surface area (Å²) < 4.78 is 12.2. The summed E-state index contributed by atoms with van der Waals surface area (Å²) in [5, 5.41) is 0. The van der Waals surface area contributed by atoms with Gasteiger partial charge in [0.15, 0.2) is 5.79 Å². The van der Waals surface area contributed by atoms with Crippen LogP contribution in [0.25, 0.3) is 0 Å². The highest BCUT2D eigenvalue weighted by molar-refractivity contribution is 9.10. The van der Waals surface area contributed by atoms with E-state index in [9.17, 15) is 0 Å². The number of hydrogen-bond donors (Lipinski definition) is 0. The molecule has 0 radical (unpaired) electrons. The predicted octanol–water partition coefficient (Wildman–Crippen LogP) is 3.71. The first-order valence-electron chi connectivity index (χ1n) is 5.92. The first-order valence-corrected chi connectivity index (χ1v) is 7.75. The summed E-state index contributed by atoms with van der Waals surface area (Å²) in [6.07, 6.45) is 2.23. The lowest BCUT2D eigenvalue weighted by molar-refractivity contribution is -0.303. The van der Waals surface area contributed by atoms with Crippen molar-refractivity contribution in [2.75, 3.05) is 13.2 Å². The summed E-state index contributed by atoms with van der Waals surface area (Å²) in [7, 11) is 0. The normalized spacial score (nSPS) is 42.2. The third-order valence-electron chi connectivity index (χ3n) is 3.47. The van der Waals surface area contributed by atoms with Gasteiger partial charge in [-0.3, -0.25) is 0 Å². The van der Waals surface area contributed by atoms with Gasteiger partial charge in [-0.2, -0.15) is 0 Å². The first-order chi connectivity index (χ1) is 7.36. The molecule has 0 unspecified atom stereocenters. The SMILES string of the molecule is CC1C[C@@H](Br)C2(OCC(C)(C)CO2)[C@H](Br)C1. The van der Waals surface area contributed by atoms with Crippen molar-refractivity contribution in [3.8, 4) is 0 Å². The minimum Gasteiger partial charge on any atom is -0.347 e. The van der Waals surface area contributed by atoms with E-state index in [0.717, 1.165) is 26.1 Å². The lowest BCUT2D eigenvalue weighted by atomic mass is 9.84. The Kier molecular flexibility index (Phi) is 3.76. The van der Waals surface area contributed by atoms with Crippen LogP contribution in [0.2, 0.25) is 0 Å². The maximum absolute atomic E-state index is 6.08. The van der Waals surface area contributed by atoms with Crippen molar-refractivity contribution >= 4 is 31.9 Å². The maximum Gasteiger partial charge on any atom is 0.193 e. The number of alkyl halides is 2. The molecule has 2 atom stereocenters. The van der Waals surface area contributed by atoms with E-state index in [-0.39, 0.29) is 15.1 Å². The zero-order chi connectivity index (χ0) is 12.0. The topological polar surface area (TPSA) is 18.5 Å². The summed E-state index contributed by atoms with van der Waals surface area (Å²) in [6.45, 7) is 8.18. The van der Waals surface area contributed by atoms with Gasteiger partial charge in [0, 0.05) is 5.41 Å². The molecule has 0 aromatic heterocycles. The smallest absolute Gasteiger partial charge is 0.193 e. The second-order valence-electron chi connectivity index (χ2n) is 5.97. The van der Waals surface area contributed by atoms with Crippen LogP contribution in [0.5, 0.6) is 0 Å². The van der Waals surface area contributed by atoms with Gasteiger partial charge >= 0.3 is 0 Å². The van der Waals surface area contributed by atoms with Crippen LogP contribution in [0, 0.1) is 11.3 Å². The maximum atomic E-state index is 6.08. The highest BCUT2D eigenvalue weighted by Gasteiger charge is 2.53. The Labute approximate surface area is 115 Å². The highest BCUT2D eigenvalue weighted by atomic mass is 79.9. The van der Waals surface area contributed by atoms with Crippen molar-refractivity contribution in [3.63, 3.8) is 0 Å². The molecule has 1 saturated carbocycles. The molecular formula is C12H20Br2O2. The van der Waals surface area contributed by atoms with E-state index in [1.54, 1.807) is 0 Å². The fraction of sp³-hybridized carbons (Fsp3) is 1.00. The van der Waals surface area contributed by atoms with Crippen LogP contribution in [0.3, 0.4) is 0 Å². The quantitative estimate of drug-likeness (QED) is 0.616. The van der Waals surface area contributed by atoms with Crippen molar-refractivity contribution in [1.82, 2.24) is 0 Å². The van der Waals surface area contributed by atoms with Gasteiger partial charge in [0.05, 0.1) is 22.9 Å². The molecule has 2 fully saturated rings. The lowest BCUT2D eigenvalue weighted by Gasteiger charge is -2.51.